The second kappa shape index (κ2) is 2.59. The number of carboxylic acid groups (broad SMARTS) is 1. The molecule has 0 aromatic carbocycles. The van der Waals surface area contributed by atoms with Gasteiger partial charge in [-0.1, -0.05) is 19.0 Å². The average Bonchev–Trinajstić information content (AvgIpc) is 2.42. The molecule has 4 heteroatoms. The van der Waals surface area contributed by atoms with Crippen molar-refractivity contribution in [1.82, 2.24) is 5.16 Å². The van der Waals surface area contributed by atoms with Gasteiger partial charge in [-0.2, -0.15) is 0 Å². The Labute approximate surface area is 81.9 Å². The Hall–Kier alpha value is -1.32. The highest BCUT2D eigenvalue weighted by molar-refractivity contribution is 5.77. The van der Waals surface area contributed by atoms with Gasteiger partial charge in [-0.25, -0.2) is 0 Å². The summed E-state index contributed by atoms with van der Waals surface area (Å²) >= 11 is 0. The van der Waals surface area contributed by atoms with E-state index in [1.807, 2.05) is 26.8 Å². The Morgan fingerprint density at radius 1 is 1.64 bits per heavy atom. The normalized spacial score (nSPS) is 28.8. The summed E-state index contributed by atoms with van der Waals surface area (Å²) in [6, 6.07) is 1.81. The number of hydrogen-bond donors (Lipinski definition) is 1. The second-order valence-electron chi connectivity index (χ2n) is 4.49. The molecule has 1 saturated carbocycles. The number of carbonyl (C=O) groups is 1. The van der Waals surface area contributed by atoms with Crippen LogP contribution in [0.15, 0.2) is 10.6 Å². The van der Waals surface area contributed by atoms with E-state index in [1.165, 1.54) is 0 Å². The van der Waals surface area contributed by atoms with E-state index in [2.05, 4.69) is 5.16 Å². The molecule has 1 aliphatic rings. The fourth-order valence-electron chi connectivity index (χ4n) is 2.16. The van der Waals surface area contributed by atoms with Gasteiger partial charge in [0.1, 0.15) is 5.76 Å². The molecule has 2 atom stereocenters. The van der Waals surface area contributed by atoms with Crippen LogP contribution in [0.1, 0.15) is 31.2 Å². The molecule has 1 aromatic heterocycles. The summed E-state index contributed by atoms with van der Waals surface area (Å²) in [6.45, 7) is 5.71. The van der Waals surface area contributed by atoms with Crippen molar-refractivity contribution in [2.45, 2.75) is 26.7 Å². The van der Waals surface area contributed by atoms with Crippen LogP contribution in [0.3, 0.4) is 0 Å². The molecule has 1 fully saturated rings. The van der Waals surface area contributed by atoms with Crippen molar-refractivity contribution in [3.8, 4) is 0 Å². The highest BCUT2D eigenvalue weighted by Gasteiger charge is 2.64. The van der Waals surface area contributed by atoms with E-state index in [9.17, 15) is 4.79 Å². The maximum absolute atomic E-state index is 10.9. The molecule has 76 valence electrons. The minimum Gasteiger partial charge on any atom is -0.481 e. The summed E-state index contributed by atoms with van der Waals surface area (Å²) in [7, 11) is 0. The van der Waals surface area contributed by atoms with Crippen molar-refractivity contribution in [1.29, 1.82) is 0 Å². The number of nitrogens with zero attached hydrogens (tertiary/aromatic N) is 1. The topological polar surface area (TPSA) is 63.3 Å². The molecular formula is C10H13NO3. The molecule has 0 spiro atoms. The van der Waals surface area contributed by atoms with Crippen molar-refractivity contribution in [2.75, 3.05) is 0 Å². The van der Waals surface area contributed by atoms with Crippen molar-refractivity contribution < 1.29 is 14.4 Å². The molecule has 1 heterocycles. The monoisotopic (exact) mass is 195 g/mol. The Bertz CT molecular complexity index is 380. The molecule has 1 aromatic rings. The van der Waals surface area contributed by atoms with E-state index in [1.54, 1.807) is 0 Å². The Morgan fingerprint density at radius 2 is 2.29 bits per heavy atom. The lowest BCUT2D eigenvalue weighted by Crippen LogP contribution is -2.02. The van der Waals surface area contributed by atoms with Crippen LogP contribution in [-0.4, -0.2) is 16.2 Å². The van der Waals surface area contributed by atoms with Crippen molar-refractivity contribution in [3.63, 3.8) is 0 Å². The fourth-order valence-corrected chi connectivity index (χ4v) is 2.16. The Balaban J connectivity index is 2.27. The van der Waals surface area contributed by atoms with Gasteiger partial charge in [-0.05, 0) is 12.3 Å². The standard InChI is InChI=1S/C10H13NO3/c1-5-4-6(14-11-5)7-8(9(12)13)10(7,2)3/h4,7-8H,1-3H3,(H,12,13). The van der Waals surface area contributed by atoms with Crippen LogP contribution in [0, 0.1) is 18.3 Å². The highest BCUT2D eigenvalue weighted by Crippen LogP contribution is 2.64. The van der Waals surface area contributed by atoms with Gasteiger partial charge in [0.15, 0.2) is 0 Å². The molecule has 1 aliphatic carbocycles. The van der Waals surface area contributed by atoms with Gasteiger partial charge >= 0.3 is 5.97 Å². The lowest BCUT2D eigenvalue weighted by atomic mass is 10.1. The van der Waals surface area contributed by atoms with Gasteiger partial charge in [-0.15, -0.1) is 0 Å². The molecule has 0 bridgehead atoms. The second-order valence-corrected chi connectivity index (χ2v) is 4.49. The molecule has 0 saturated heterocycles. The van der Waals surface area contributed by atoms with Crippen LogP contribution in [0.5, 0.6) is 0 Å². The number of aromatic nitrogens is 1. The molecule has 2 rings (SSSR count). The third-order valence-electron chi connectivity index (χ3n) is 3.05. The fraction of sp³-hybridized carbons (Fsp3) is 0.600. The Morgan fingerprint density at radius 3 is 2.64 bits per heavy atom. The summed E-state index contributed by atoms with van der Waals surface area (Å²) in [5.74, 6) is -0.426. The van der Waals surface area contributed by atoms with Gasteiger partial charge < -0.3 is 9.63 Å². The summed E-state index contributed by atoms with van der Waals surface area (Å²) in [5, 5.41) is 12.7. The quantitative estimate of drug-likeness (QED) is 0.781. The lowest BCUT2D eigenvalue weighted by Gasteiger charge is -1.96. The summed E-state index contributed by atoms with van der Waals surface area (Å²) in [4.78, 5) is 10.9. The predicted octanol–water partition coefficient (Wildman–Crippen LogP) is 1.81. The van der Waals surface area contributed by atoms with Gasteiger partial charge in [0.05, 0.1) is 11.6 Å². The lowest BCUT2D eigenvalue weighted by molar-refractivity contribution is -0.139. The SMILES string of the molecule is Cc1cc(C2C(C(=O)O)C2(C)C)on1. The molecule has 14 heavy (non-hydrogen) atoms. The first-order chi connectivity index (χ1) is 6.44. The van der Waals surface area contributed by atoms with E-state index >= 15 is 0 Å². The van der Waals surface area contributed by atoms with Crippen molar-refractivity contribution in [3.05, 3.63) is 17.5 Å². The van der Waals surface area contributed by atoms with Crippen molar-refractivity contribution >= 4 is 5.97 Å². The number of hydrogen-bond acceptors (Lipinski definition) is 3. The molecule has 0 amide bonds. The molecule has 0 aliphatic heterocycles. The van der Waals surface area contributed by atoms with Crippen LogP contribution in [-0.2, 0) is 4.79 Å². The summed E-state index contributed by atoms with van der Waals surface area (Å²) in [6.07, 6.45) is 0. The van der Waals surface area contributed by atoms with Crippen LogP contribution >= 0.6 is 0 Å². The smallest absolute Gasteiger partial charge is 0.307 e. The number of aliphatic carboxylic acids is 1. The van der Waals surface area contributed by atoms with E-state index < -0.39 is 5.97 Å². The largest absolute Gasteiger partial charge is 0.481 e. The zero-order valence-electron chi connectivity index (χ0n) is 8.44. The van der Waals surface area contributed by atoms with Gasteiger partial charge in [0.25, 0.3) is 0 Å². The van der Waals surface area contributed by atoms with Gasteiger partial charge in [0, 0.05) is 12.0 Å². The summed E-state index contributed by atoms with van der Waals surface area (Å²) < 4.78 is 5.09. The average molecular weight is 195 g/mol. The maximum atomic E-state index is 10.9. The third kappa shape index (κ3) is 1.14. The molecule has 4 nitrogen and oxygen atoms in total. The number of aryl methyl sites for hydroxylation is 1. The van der Waals surface area contributed by atoms with E-state index in [0.29, 0.717) is 5.76 Å². The first-order valence-corrected chi connectivity index (χ1v) is 4.60. The molecular weight excluding hydrogens is 182 g/mol. The number of carboxylic acids is 1. The highest BCUT2D eigenvalue weighted by atomic mass is 16.5. The van der Waals surface area contributed by atoms with E-state index in [0.717, 1.165) is 5.69 Å². The van der Waals surface area contributed by atoms with Crippen LogP contribution in [0.2, 0.25) is 0 Å². The minimum absolute atomic E-state index is 0.0267. The minimum atomic E-state index is -0.756. The maximum Gasteiger partial charge on any atom is 0.307 e. The van der Waals surface area contributed by atoms with Crippen molar-refractivity contribution in [2.24, 2.45) is 11.3 Å². The summed E-state index contributed by atoms with van der Waals surface area (Å²) in [5.41, 5.74) is 0.587. The third-order valence-corrected chi connectivity index (χ3v) is 3.05. The van der Waals surface area contributed by atoms with Crippen LogP contribution in [0.25, 0.3) is 0 Å². The zero-order chi connectivity index (χ0) is 10.5. The molecule has 0 radical (unpaired) electrons. The van der Waals surface area contributed by atoms with Gasteiger partial charge in [-0.3, -0.25) is 4.79 Å². The van der Waals surface area contributed by atoms with Gasteiger partial charge in [0.2, 0.25) is 0 Å². The first-order valence-electron chi connectivity index (χ1n) is 4.60. The van der Waals surface area contributed by atoms with Crippen LogP contribution in [0.4, 0.5) is 0 Å². The van der Waals surface area contributed by atoms with E-state index in [-0.39, 0.29) is 17.3 Å². The zero-order valence-corrected chi connectivity index (χ0v) is 8.44. The Kier molecular flexibility index (Phi) is 1.71. The molecule has 2 unspecified atom stereocenters. The predicted molar refractivity (Wildman–Crippen MR) is 48.9 cm³/mol. The van der Waals surface area contributed by atoms with E-state index in [4.69, 9.17) is 9.63 Å². The van der Waals surface area contributed by atoms with Crippen LogP contribution < -0.4 is 0 Å². The first kappa shape index (κ1) is 9.24. The number of rotatable bonds is 2. The molecule has 1 N–H and O–H groups in total.